The number of hydrogen-bond donors (Lipinski definition) is 0. The highest BCUT2D eigenvalue weighted by molar-refractivity contribution is 8.07. The molecule has 0 fully saturated rings. The van der Waals surface area contributed by atoms with Crippen LogP contribution in [0.5, 0.6) is 0 Å². The van der Waals surface area contributed by atoms with E-state index in [-0.39, 0.29) is 0 Å². The Labute approximate surface area is 177 Å². The van der Waals surface area contributed by atoms with E-state index in [9.17, 15) is 0 Å². The zero-order chi connectivity index (χ0) is 19.7. The summed E-state index contributed by atoms with van der Waals surface area (Å²) in [5.41, 5.74) is 7.80. The molecule has 1 aliphatic carbocycles. The molecule has 4 heterocycles. The number of aryl methyl sites for hydroxylation is 2. The first-order chi connectivity index (χ1) is 14.1. The summed E-state index contributed by atoms with van der Waals surface area (Å²) in [7, 11) is 3.91. The minimum Gasteiger partial charge on any atom is -0.248 e. The van der Waals surface area contributed by atoms with Crippen molar-refractivity contribution >= 4 is 29.1 Å². The van der Waals surface area contributed by atoms with Gasteiger partial charge in [0.05, 0.1) is 29.0 Å². The first-order valence-electron chi connectivity index (χ1n) is 9.72. The van der Waals surface area contributed by atoms with Crippen molar-refractivity contribution in [2.45, 2.75) is 28.7 Å². The lowest BCUT2D eigenvalue weighted by atomic mass is 9.84. The third-order valence-electron chi connectivity index (χ3n) is 6.13. The minimum atomic E-state index is 0.477. The highest BCUT2D eigenvalue weighted by atomic mass is 32.2. The van der Waals surface area contributed by atoms with Crippen LogP contribution in [0, 0.1) is 5.92 Å². The fourth-order valence-electron chi connectivity index (χ4n) is 4.62. The zero-order valence-electron chi connectivity index (χ0n) is 16.4. The van der Waals surface area contributed by atoms with E-state index in [1.807, 2.05) is 59.4 Å². The molecule has 6 nitrogen and oxygen atoms in total. The topological polar surface area (TPSA) is 61.4 Å². The summed E-state index contributed by atoms with van der Waals surface area (Å²) in [4.78, 5) is 2.85. The molecule has 29 heavy (non-hydrogen) atoms. The van der Waals surface area contributed by atoms with Crippen molar-refractivity contribution in [1.82, 2.24) is 30.0 Å². The predicted molar refractivity (Wildman–Crippen MR) is 116 cm³/mol. The van der Waals surface area contributed by atoms with E-state index in [0.29, 0.717) is 16.4 Å². The number of benzene rings is 1. The normalized spacial score (nSPS) is 25.1. The van der Waals surface area contributed by atoms with E-state index in [2.05, 4.69) is 51.8 Å². The van der Waals surface area contributed by atoms with Crippen LogP contribution < -0.4 is 0 Å². The molecule has 3 aromatic rings. The monoisotopic (exact) mass is 420 g/mol. The van der Waals surface area contributed by atoms with Crippen LogP contribution in [-0.2, 0) is 14.1 Å². The van der Waals surface area contributed by atoms with Crippen molar-refractivity contribution in [3.8, 4) is 11.3 Å². The molecule has 0 bridgehead atoms. The van der Waals surface area contributed by atoms with Gasteiger partial charge in [-0.15, -0.1) is 33.7 Å². The van der Waals surface area contributed by atoms with Crippen molar-refractivity contribution in [2.75, 3.05) is 0 Å². The maximum atomic E-state index is 4.12. The van der Waals surface area contributed by atoms with Gasteiger partial charge in [0.15, 0.2) is 0 Å². The fraction of sp³-hybridized carbons (Fsp3) is 0.333. The predicted octanol–water partition coefficient (Wildman–Crippen LogP) is 4.25. The van der Waals surface area contributed by atoms with Crippen molar-refractivity contribution < 1.29 is 0 Å². The molecule has 146 valence electrons. The second kappa shape index (κ2) is 6.34. The summed E-state index contributed by atoms with van der Waals surface area (Å²) >= 11 is 4.05. The third kappa shape index (κ3) is 2.58. The quantitative estimate of drug-likeness (QED) is 0.618. The van der Waals surface area contributed by atoms with Crippen LogP contribution in [0.1, 0.15) is 29.9 Å². The van der Waals surface area contributed by atoms with Gasteiger partial charge in [-0.3, -0.25) is 0 Å². The Morgan fingerprint density at radius 2 is 1.72 bits per heavy atom. The Morgan fingerprint density at radius 1 is 0.966 bits per heavy atom. The zero-order valence-corrected chi connectivity index (χ0v) is 18.0. The Balaban J connectivity index is 1.35. The molecule has 6 rings (SSSR count). The van der Waals surface area contributed by atoms with Gasteiger partial charge in [-0.25, -0.2) is 9.36 Å². The molecule has 0 saturated heterocycles. The van der Waals surface area contributed by atoms with E-state index in [1.165, 1.54) is 26.5 Å². The average molecular weight is 421 g/mol. The van der Waals surface area contributed by atoms with Gasteiger partial charge in [-0.05, 0) is 41.2 Å². The second-order valence-corrected chi connectivity index (χ2v) is 10.3. The minimum absolute atomic E-state index is 0.477. The van der Waals surface area contributed by atoms with Gasteiger partial charge in [-0.2, -0.15) is 0 Å². The van der Waals surface area contributed by atoms with Crippen LogP contribution in [0.3, 0.4) is 0 Å². The molecular formula is C21H20N6S2. The molecule has 8 heteroatoms. The van der Waals surface area contributed by atoms with E-state index in [4.69, 9.17) is 0 Å². The second-order valence-electron chi connectivity index (χ2n) is 7.91. The molecule has 0 spiro atoms. The average Bonchev–Trinajstić information content (AvgIpc) is 3.46. The molecule has 2 aromatic heterocycles. The lowest BCUT2D eigenvalue weighted by Gasteiger charge is -2.24. The first kappa shape index (κ1) is 17.5. The number of rotatable bonds is 2. The molecule has 3 atom stereocenters. The first-order valence-corrected chi connectivity index (χ1v) is 11.5. The Hall–Kier alpha value is -2.32. The Morgan fingerprint density at radius 3 is 2.45 bits per heavy atom. The van der Waals surface area contributed by atoms with Gasteiger partial charge in [0.25, 0.3) is 0 Å². The number of fused-ring (bicyclic) bond motifs is 4. The van der Waals surface area contributed by atoms with Gasteiger partial charge < -0.3 is 0 Å². The number of aromatic nitrogens is 6. The van der Waals surface area contributed by atoms with E-state index < -0.39 is 0 Å². The van der Waals surface area contributed by atoms with Gasteiger partial charge in [0, 0.05) is 34.7 Å². The van der Waals surface area contributed by atoms with Gasteiger partial charge in [0.2, 0.25) is 0 Å². The number of thioether (sulfide) groups is 2. The van der Waals surface area contributed by atoms with Gasteiger partial charge in [0.1, 0.15) is 0 Å². The third-order valence-corrected chi connectivity index (χ3v) is 9.13. The SMILES string of the molecule is CC1CC2=C(C=C1c1cnnn1C)SC1c3ccc(-c4cnnn4C)cc3SC21. The highest BCUT2D eigenvalue weighted by Crippen LogP contribution is 2.63. The van der Waals surface area contributed by atoms with Crippen LogP contribution in [-0.4, -0.2) is 35.2 Å². The Kier molecular flexibility index (Phi) is 3.83. The van der Waals surface area contributed by atoms with Crippen molar-refractivity contribution in [3.63, 3.8) is 0 Å². The molecule has 0 amide bonds. The number of hydrogen-bond acceptors (Lipinski definition) is 6. The number of nitrogens with zero attached hydrogens (tertiary/aromatic N) is 6. The molecule has 0 radical (unpaired) electrons. The van der Waals surface area contributed by atoms with E-state index in [0.717, 1.165) is 17.8 Å². The standard InChI is InChI=1S/C21H20N6S2/c1-11-6-15-19(8-14(11)17-10-23-25-27(17)3)29-20-13-5-4-12(7-18(13)28-21(15)20)16-9-22-24-26(16)2/h4-5,7-11,20-21H,6H2,1-3H3. The summed E-state index contributed by atoms with van der Waals surface area (Å²) in [5, 5.41) is 17.3. The van der Waals surface area contributed by atoms with Crippen LogP contribution in [0.15, 0.2) is 52.0 Å². The smallest absolute Gasteiger partial charge is 0.0882 e. The molecular weight excluding hydrogens is 400 g/mol. The largest absolute Gasteiger partial charge is 0.248 e. The van der Waals surface area contributed by atoms with E-state index in [1.54, 1.807) is 5.57 Å². The Bertz CT molecular complexity index is 1200. The molecule has 1 aromatic carbocycles. The molecule has 0 N–H and O–H groups in total. The van der Waals surface area contributed by atoms with Crippen LogP contribution >= 0.6 is 23.5 Å². The van der Waals surface area contributed by atoms with Gasteiger partial charge in [-0.1, -0.05) is 29.5 Å². The molecule has 3 unspecified atom stereocenters. The van der Waals surface area contributed by atoms with Crippen LogP contribution in [0.25, 0.3) is 16.8 Å². The lowest BCUT2D eigenvalue weighted by Crippen LogP contribution is -2.13. The maximum absolute atomic E-state index is 4.12. The molecule has 2 aliphatic heterocycles. The van der Waals surface area contributed by atoms with Crippen molar-refractivity contribution in [1.29, 1.82) is 0 Å². The number of allylic oxidation sites excluding steroid dienone is 2. The lowest BCUT2D eigenvalue weighted by molar-refractivity contribution is 0.670. The van der Waals surface area contributed by atoms with Crippen molar-refractivity contribution in [3.05, 3.63) is 58.4 Å². The van der Waals surface area contributed by atoms with Crippen LogP contribution in [0.4, 0.5) is 0 Å². The summed E-state index contributed by atoms with van der Waals surface area (Å²) in [6.07, 6.45) is 7.22. The summed E-state index contributed by atoms with van der Waals surface area (Å²) < 4.78 is 3.72. The summed E-state index contributed by atoms with van der Waals surface area (Å²) in [5.74, 6) is 0.477. The molecule has 3 aliphatic rings. The summed E-state index contributed by atoms with van der Waals surface area (Å²) in [6, 6.07) is 6.83. The van der Waals surface area contributed by atoms with Crippen LogP contribution in [0.2, 0.25) is 0 Å². The molecule has 0 saturated carbocycles. The highest BCUT2D eigenvalue weighted by Gasteiger charge is 2.44. The van der Waals surface area contributed by atoms with Gasteiger partial charge >= 0.3 is 0 Å². The summed E-state index contributed by atoms with van der Waals surface area (Å²) in [6.45, 7) is 2.32. The maximum Gasteiger partial charge on any atom is 0.0882 e. The van der Waals surface area contributed by atoms with E-state index >= 15 is 0 Å². The van der Waals surface area contributed by atoms with Crippen molar-refractivity contribution in [2.24, 2.45) is 20.0 Å². The fourth-order valence-corrected chi connectivity index (χ4v) is 7.99.